The molecular weight excluding hydrogens is 228 g/mol. The van der Waals surface area contributed by atoms with E-state index in [4.69, 9.17) is 11.1 Å². The van der Waals surface area contributed by atoms with E-state index in [9.17, 15) is 0 Å². The fraction of sp³-hybridized carbons (Fsp3) is 0.500. The summed E-state index contributed by atoms with van der Waals surface area (Å²) in [6, 6.07) is 3.56. The van der Waals surface area contributed by atoms with Gasteiger partial charge in [0, 0.05) is 21.2 Å². The minimum Gasteiger partial charge on any atom is -0.0608 e. The van der Waals surface area contributed by atoms with E-state index < -0.39 is 0 Å². The van der Waals surface area contributed by atoms with Crippen LogP contribution in [0.5, 0.6) is 0 Å². The summed E-state index contributed by atoms with van der Waals surface area (Å²) in [5.74, 6) is 0.383. The van der Waals surface area contributed by atoms with Gasteiger partial charge in [-0.25, -0.2) is 0 Å². The maximum absolute atomic E-state index is 8.68. The highest BCUT2D eigenvalue weighted by atomic mass is 15.1. The lowest BCUT2D eigenvalue weighted by Crippen LogP contribution is -1.95. The van der Waals surface area contributed by atoms with Crippen LogP contribution in [0.15, 0.2) is 22.4 Å². The molecule has 0 heterocycles. The van der Waals surface area contributed by atoms with Gasteiger partial charge in [0.2, 0.25) is 0 Å². The minimum atomic E-state index is 0.192. The van der Waals surface area contributed by atoms with Crippen molar-refractivity contribution in [2.45, 2.75) is 39.5 Å². The zero-order valence-electron chi connectivity index (χ0n) is 11.0. The summed E-state index contributed by atoms with van der Waals surface area (Å²) in [7, 11) is 0. The lowest BCUT2D eigenvalue weighted by atomic mass is 9.92. The van der Waals surface area contributed by atoms with Gasteiger partial charge >= 0.3 is 0 Å². The predicted molar refractivity (Wildman–Crippen MR) is 72.2 cm³/mol. The van der Waals surface area contributed by atoms with Crippen molar-refractivity contribution in [3.05, 3.63) is 44.1 Å². The molecule has 1 rings (SSSR count). The molecule has 0 aliphatic heterocycles. The molecule has 1 aromatic rings. The second-order valence-electron chi connectivity index (χ2n) is 4.66. The molecule has 18 heavy (non-hydrogen) atoms. The van der Waals surface area contributed by atoms with Crippen LogP contribution in [0.3, 0.4) is 0 Å². The molecule has 0 aliphatic rings. The largest absolute Gasteiger partial charge is 0.0608 e. The fourth-order valence-corrected chi connectivity index (χ4v) is 1.81. The fourth-order valence-electron chi connectivity index (χ4n) is 1.81. The summed E-state index contributed by atoms with van der Waals surface area (Å²) in [6.45, 7) is 8.04. The highest BCUT2D eigenvalue weighted by Crippen LogP contribution is 2.38. The number of azide groups is 2. The second kappa shape index (κ2) is 5.96. The Balaban J connectivity index is 3.64. The van der Waals surface area contributed by atoms with E-state index >= 15 is 0 Å². The SMILES string of the molecule is CC(C)c1cc(N=[N+]=[N-])cc(C(C)C)c1N=[N+]=[N-]. The third-order valence-electron chi connectivity index (χ3n) is 2.70. The van der Waals surface area contributed by atoms with Gasteiger partial charge in [-0.05, 0) is 46.2 Å². The van der Waals surface area contributed by atoms with Crippen molar-refractivity contribution in [1.82, 2.24) is 0 Å². The molecule has 0 saturated heterocycles. The number of nitrogens with zero attached hydrogens (tertiary/aromatic N) is 6. The van der Waals surface area contributed by atoms with E-state index in [-0.39, 0.29) is 11.8 Å². The Morgan fingerprint density at radius 2 is 1.33 bits per heavy atom. The molecule has 0 amide bonds. The summed E-state index contributed by atoms with van der Waals surface area (Å²) in [6.07, 6.45) is 0. The quantitative estimate of drug-likeness (QED) is 0.362. The third-order valence-corrected chi connectivity index (χ3v) is 2.70. The Morgan fingerprint density at radius 1 is 0.889 bits per heavy atom. The summed E-state index contributed by atoms with van der Waals surface area (Å²) in [5, 5.41) is 7.44. The summed E-state index contributed by atoms with van der Waals surface area (Å²) in [4.78, 5) is 5.69. The van der Waals surface area contributed by atoms with Gasteiger partial charge in [-0.3, -0.25) is 0 Å². The van der Waals surface area contributed by atoms with Gasteiger partial charge in [0.25, 0.3) is 0 Å². The van der Waals surface area contributed by atoms with Gasteiger partial charge in [-0.1, -0.05) is 37.9 Å². The van der Waals surface area contributed by atoms with E-state index in [1.54, 1.807) is 12.1 Å². The first-order valence-corrected chi connectivity index (χ1v) is 5.79. The normalized spacial score (nSPS) is 10.1. The Hall–Kier alpha value is -2.16. The van der Waals surface area contributed by atoms with Crippen LogP contribution in [0, 0.1) is 0 Å². The summed E-state index contributed by atoms with van der Waals surface area (Å²) < 4.78 is 0. The van der Waals surface area contributed by atoms with Gasteiger partial charge in [-0.15, -0.1) is 0 Å². The van der Waals surface area contributed by atoms with Crippen molar-refractivity contribution in [1.29, 1.82) is 0 Å². The van der Waals surface area contributed by atoms with Crippen LogP contribution >= 0.6 is 0 Å². The first-order valence-electron chi connectivity index (χ1n) is 5.79. The molecule has 0 N–H and O–H groups in total. The highest BCUT2D eigenvalue weighted by molar-refractivity contribution is 5.62. The molecule has 1 aromatic carbocycles. The molecule has 0 spiro atoms. The van der Waals surface area contributed by atoms with Crippen LogP contribution in [0.2, 0.25) is 0 Å². The van der Waals surface area contributed by atoms with Crippen molar-refractivity contribution in [3.8, 4) is 0 Å². The molecular formula is C12H16N6. The molecule has 0 unspecified atom stereocenters. The van der Waals surface area contributed by atoms with Crippen molar-refractivity contribution >= 4 is 11.4 Å². The Labute approximate surface area is 106 Å². The molecule has 0 saturated carbocycles. The van der Waals surface area contributed by atoms with E-state index in [2.05, 4.69) is 20.1 Å². The van der Waals surface area contributed by atoms with Crippen molar-refractivity contribution < 1.29 is 0 Å². The molecule has 6 heteroatoms. The van der Waals surface area contributed by atoms with Crippen LogP contribution in [-0.4, -0.2) is 0 Å². The van der Waals surface area contributed by atoms with Gasteiger partial charge in [0.15, 0.2) is 0 Å². The molecule has 6 nitrogen and oxygen atoms in total. The first-order chi connectivity index (χ1) is 8.51. The number of rotatable bonds is 4. The van der Waals surface area contributed by atoms with Gasteiger partial charge in [0.05, 0.1) is 0 Å². The molecule has 0 atom stereocenters. The predicted octanol–water partition coefficient (Wildman–Crippen LogP) is 5.82. The number of hydrogen-bond donors (Lipinski definition) is 0. The first kappa shape index (κ1) is 13.9. The molecule has 0 bridgehead atoms. The smallest absolute Gasteiger partial charge is 0.0444 e. The van der Waals surface area contributed by atoms with Crippen LogP contribution in [-0.2, 0) is 0 Å². The lowest BCUT2D eigenvalue weighted by Gasteiger charge is -2.17. The molecule has 0 fully saturated rings. The Kier molecular flexibility index (Phi) is 4.60. The number of benzene rings is 1. The standard InChI is InChI=1S/C12H16N6/c1-7(2)10-5-9(15-17-13)6-11(8(3)4)12(10)16-18-14/h5-8H,1-4H3. The Bertz CT molecular complexity index is 504. The average molecular weight is 244 g/mol. The maximum atomic E-state index is 8.68. The van der Waals surface area contributed by atoms with Crippen LogP contribution in [0.4, 0.5) is 11.4 Å². The van der Waals surface area contributed by atoms with Crippen LogP contribution < -0.4 is 0 Å². The zero-order chi connectivity index (χ0) is 13.7. The topological polar surface area (TPSA) is 97.5 Å². The van der Waals surface area contributed by atoms with E-state index in [1.807, 2.05) is 27.7 Å². The van der Waals surface area contributed by atoms with E-state index in [0.717, 1.165) is 11.1 Å². The van der Waals surface area contributed by atoms with Crippen LogP contribution in [0.25, 0.3) is 20.9 Å². The van der Waals surface area contributed by atoms with Crippen LogP contribution in [0.1, 0.15) is 50.7 Å². The second-order valence-corrected chi connectivity index (χ2v) is 4.66. The molecule has 94 valence electrons. The monoisotopic (exact) mass is 244 g/mol. The average Bonchev–Trinajstić information content (AvgIpc) is 2.30. The van der Waals surface area contributed by atoms with Gasteiger partial charge in [-0.2, -0.15) is 0 Å². The molecule has 0 radical (unpaired) electrons. The molecule has 0 aliphatic carbocycles. The van der Waals surface area contributed by atoms with Crippen molar-refractivity contribution in [3.63, 3.8) is 0 Å². The lowest BCUT2D eigenvalue weighted by molar-refractivity contribution is 0.834. The molecule has 0 aromatic heterocycles. The van der Waals surface area contributed by atoms with Crippen molar-refractivity contribution in [2.24, 2.45) is 10.2 Å². The number of hydrogen-bond acceptors (Lipinski definition) is 2. The maximum Gasteiger partial charge on any atom is 0.0444 e. The Morgan fingerprint density at radius 3 is 1.67 bits per heavy atom. The zero-order valence-corrected chi connectivity index (χ0v) is 11.0. The van der Waals surface area contributed by atoms with Crippen molar-refractivity contribution in [2.75, 3.05) is 0 Å². The summed E-state index contributed by atoms with van der Waals surface area (Å²) >= 11 is 0. The highest BCUT2D eigenvalue weighted by Gasteiger charge is 2.14. The van der Waals surface area contributed by atoms with E-state index in [1.165, 1.54) is 0 Å². The van der Waals surface area contributed by atoms with Gasteiger partial charge in [0.1, 0.15) is 0 Å². The minimum absolute atomic E-state index is 0.192. The van der Waals surface area contributed by atoms with Gasteiger partial charge < -0.3 is 0 Å². The van der Waals surface area contributed by atoms with E-state index in [0.29, 0.717) is 11.4 Å². The third kappa shape index (κ3) is 2.94. The summed E-state index contributed by atoms with van der Waals surface area (Å²) in [5.41, 5.74) is 20.2.